The molecule has 7 nitrogen and oxygen atoms in total. The molecule has 0 saturated carbocycles. The maximum atomic E-state index is 13.6. The van der Waals surface area contributed by atoms with Gasteiger partial charge in [-0.3, -0.25) is 9.59 Å². The molecule has 0 saturated heterocycles. The van der Waals surface area contributed by atoms with E-state index < -0.39 is 22.4 Å². The number of rotatable bonds is 14. The second kappa shape index (κ2) is 16.2. The van der Waals surface area contributed by atoms with Crippen molar-refractivity contribution in [2.75, 3.05) is 0 Å². The van der Waals surface area contributed by atoms with Gasteiger partial charge in [0.2, 0.25) is 0 Å². The summed E-state index contributed by atoms with van der Waals surface area (Å²) < 4.78 is 30.5. The van der Waals surface area contributed by atoms with Gasteiger partial charge >= 0.3 is 11.9 Å². The molecule has 4 aromatic carbocycles. The summed E-state index contributed by atoms with van der Waals surface area (Å²) in [6.07, 6.45) is 0.847. The van der Waals surface area contributed by atoms with Crippen LogP contribution in [-0.2, 0) is 15.0 Å². The van der Waals surface area contributed by atoms with Gasteiger partial charge in [-0.2, -0.15) is 0 Å². The first-order valence-electron chi connectivity index (χ1n) is 20.0. The molecule has 0 radical (unpaired) electrons. The second-order valence-corrected chi connectivity index (χ2v) is 19.5. The Labute approximate surface area is 342 Å². The Bertz CT molecular complexity index is 1970. The van der Waals surface area contributed by atoms with Crippen LogP contribution in [0.3, 0.4) is 0 Å². The standard InChI is InChI=1S/C50H66O7/c1-17-50(16,34-18-22-38(23-19-34)54-42(51)46(8,9)44(2,3)4)35-20-24-40(25-21-35)57-49(14,15)47(10,11)43(52)55-39-28-26-36(27-29-39)53-37-30-32-41(33-31-37)56-48(12,13)45(5,6)7/h18-33H,17H2,1-16H3. The Morgan fingerprint density at radius 3 is 1.09 bits per heavy atom. The maximum Gasteiger partial charge on any atom is 0.320 e. The lowest BCUT2D eigenvalue weighted by molar-refractivity contribution is -0.155. The van der Waals surface area contributed by atoms with Crippen LogP contribution in [0.25, 0.3) is 0 Å². The molecule has 1 unspecified atom stereocenters. The van der Waals surface area contributed by atoms with Gasteiger partial charge in [-0.15, -0.1) is 0 Å². The van der Waals surface area contributed by atoms with Crippen LogP contribution in [0.5, 0.6) is 34.5 Å². The van der Waals surface area contributed by atoms with Gasteiger partial charge in [0.15, 0.2) is 0 Å². The summed E-state index contributed by atoms with van der Waals surface area (Å²) in [5, 5.41) is 0. The quantitative estimate of drug-likeness (QED) is 0.0931. The second-order valence-electron chi connectivity index (χ2n) is 19.5. The first-order chi connectivity index (χ1) is 26.1. The molecule has 0 aliphatic rings. The summed E-state index contributed by atoms with van der Waals surface area (Å²) in [6, 6.07) is 30.4. The molecule has 308 valence electrons. The lowest BCUT2D eigenvalue weighted by atomic mass is 9.69. The Kier molecular flexibility index (Phi) is 12.8. The average Bonchev–Trinajstić information content (AvgIpc) is 3.12. The van der Waals surface area contributed by atoms with E-state index in [9.17, 15) is 9.59 Å². The summed E-state index contributed by atoms with van der Waals surface area (Å²) in [6.45, 7) is 32.4. The third kappa shape index (κ3) is 10.0. The minimum Gasteiger partial charge on any atom is -0.487 e. The molecule has 0 N–H and O–H groups in total. The van der Waals surface area contributed by atoms with Crippen LogP contribution in [0.1, 0.15) is 128 Å². The van der Waals surface area contributed by atoms with Gasteiger partial charge in [0.1, 0.15) is 51.1 Å². The Balaban J connectivity index is 1.38. The van der Waals surface area contributed by atoms with Crippen molar-refractivity contribution in [3.63, 3.8) is 0 Å². The molecular formula is C50H66O7. The molecular weight excluding hydrogens is 713 g/mol. The van der Waals surface area contributed by atoms with Gasteiger partial charge < -0.3 is 23.7 Å². The van der Waals surface area contributed by atoms with Crippen molar-refractivity contribution in [3.8, 4) is 34.5 Å². The molecule has 0 bridgehead atoms. The number of hydrogen-bond acceptors (Lipinski definition) is 7. The monoisotopic (exact) mass is 778 g/mol. The van der Waals surface area contributed by atoms with Crippen LogP contribution in [-0.4, -0.2) is 23.1 Å². The van der Waals surface area contributed by atoms with E-state index >= 15 is 0 Å². The molecule has 57 heavy (non-hydrogen) atoms. The summed E-state index contributed by atoms with van der Waals surface area (Å²) >= 11 is 0. The topological polar surface area (TPSA) is 80.3 Å². The van der Waals surface area contributed by atoms with E-state index in [1.807, 2.05) is 123 Å². The van der Waals surface area contributed by atoms with Crippen molar-refractivity contribution < 1.29 is 33.3 Å². The third-order valence-electron chi connectivity index (χ3n) is 12.9. The number of ether oxygens (including phenoxy) is 5. The van der Waals surface area contributed by atoms with Crippen molar-refractivity contribution in [3.05, 3.63) is 108 Å². The highest BCUT2D eigenvalue weighted by Gasteiger charge is 2.47. The lowest BCUT2D eigenvalue weighted by Gasteiger charge is -2.39. The van der Waals surface area contributed by atoms with Gasteiger partial charge in [0, 0.05) is 10.8 Å². The number of esters is 2. The molecule has 1 atom stereocenters. The first-order valence-corrected chi connectivity index (χ1v) is 20.0. The van der Waals surface area contributed by atoms with Crippen molar-refractivity contribution in [1.82, 2.24) is 0 Å². The predicted molar refractivity (Wildman–Crippen MR) is 230 cm³/mol. The highest BCUT2D eigenvalue weighted by Crippen LogP contribution is 2.42. The van der Waals surface area contributed by atoms with E-state index in [4.69, 9.17) is 23.7 Å². The lowest BCUT2D eigenvalue weighted by Crippen LogP contribution is -2.51. The van der Waals surface area contributed by atoms with E-state index in [0.29, 0.717) is 28.7 Å². The molecule has 4 rings (SSSR count). The van der Waals surface area contributed by atoms with Crippen LogP contribution >= 0.6 is 0 Å². The molecule has 0 heterocycles. The van der Waals surface area contributed by atoms with E-state index in [1.165, 1.54) is 0 Å². The van der Waals surface area contributed by atoms with E-state index in [2.05, 4.69) is 60.6 Å². The van der Waals surface area contributed by atoms with Gasteiger partial charge in [-0.05, 0) is 151 Å². The largest absolute Gasteiger partial charge is 0.487 e. The minimum atomic E-state index is -1.02. The zero-order valence-corrected chi connectivity index (χ0v) is 37.3. The summed E-state index contributed by atoms with van der Waals surface area (Å²) in [5.74, 6) is 2.98. The fourth-order valence-corrected chi connectivity index (χ4v) is 5.54. The van der Waals surface area contributed by atoms with Crippen molar-refractivity contribution >= 4 is 11.9 Å². The fourth-order valence-electron chi connectivity index (χ4n) is 5.54. The smallest absolute Gasteiger partial charge is 0.320 e. The van der Waals surface area contributed by atoms with E-state index in [1.54, 1.807) is 24.3 Å². The molecule has 4 aromatic rings. The van der Waals surface area contributed by atoms with Crippen LogP contribution in [0.2, 0.25) is 0 Å². The highest BCUT2D eigenvalue weighted by atomic mass is 16.5. The van der Waals surface area contributed by atoms with Crippen molar-refractivity contribution in [2.45, 2.75) is 134 Å². The molecule has 0 amide bonds. The normalized spacial score (nSPS) is 14.0. The first kappa shape index (κ1) is 44.9. The Morgan fingerprint density at radius 1 is 0.404 bits per heavy atom. The summed E-state index contributed by atoms with van der Waals surface area (Å²) in [7, 11) is 0. The van der Waals surface area contributed by atoms with Crippen LogP contribution in [0, 0.1) is 21.7 Å². The Morgan fingerprint density at radius 2 is 0.719 bits per heavy atom. The molecule has 0 aromatic heterocycles. The van der Waals surface area contributed by atoms with Crippen molar-refractivity contribution in [1.29, 1.82) is 0 Å². The van der Waals surface area contributed by atoms with Gasteiger partial charge in [-0.25, -0.2) is 0 Å². The molecule has 0 spiro atoms. The highest BCUT2D eigenvalue weighted by molar-refractivity contribution is 5.80. The van der Waals surface area contributed by atoms with Crippen LogP contribution < -0.4 is 23.7 Å². The zero-order valence-electron chi connectivity index (χ0n) is 37.3. The number of hydrogen-bond donors (Lipinski definition) is 0. The summed E-state index contributed by atoms with van der Waals surface area (Å²) in [5.41, 5.74) is -1.27. The molecule has 0 aliphatic heterocycles. The van der Waals surface area contributed by atoms with E-state index in [-0.39, 0.29) is 27.8 Å². The average molecular weight is 779 g/mol. The van der Waals surface area contributed by atoms with Crippen LogP contribution in [0.15, 0.2) is 97.1 Å². The minimum absolute atomic E-state index is 0.0300. The molecule has 0 aliphatic carbocycles. The van der Waals surface area contributed by atoms with E-state index in [0.717, 1.165) is 23.3 Å². The third-order valence-corrected chi connectivity index (χ3v) is 12.9. The number of carbonyl (C=O) groups is 2. The Hall–Kier alpha value is -4.78. The molecule has 0 fully saturated rings. The predicted octanol–water partition coefficient (Wildman–Crippen LogP) is 13.2. The molecule has 7 heteroatoms. The number of carbonyl (C=O) groups excluding carboxylic acids is 2. The van der Waals surface area contributed by atoms with Gasteiger partial charge in [0.05, 0.1) is 5.41 Å². The summed E-state index contributed by atoms with van der Waals surface area (Å²) in [4.78, 5) is 26.6. The van der Waals surface area contributed by atoms with Crippen LogP contribution in [0.4, 0.5) is 0 Å². The maximum absolute atomic E-state index is 13.6. The van der Waals surface area contributed by atoms with Crippen molar-refractivity contribution in [2.24, 2.45) is 21.7 Å². The SMILES string of the molecule is CCC(C)(c1ccc(OC(=O)C(C)(C)C(C)(C)C)cc1)c1ccc(OC(C)(C)C(C)(C)C(=O)Oc2ccc(Oc3ccc(OC(C)(C)C(C)(C)C)cc3)cc2)cc1. The zero-order chi connectivity index (χ0) is 42.8. The fraction of sp³-hybridized carbons (Fsp3) is 0.480. The number of benzene rings is 4. The van der Waals surface area contributed by atoms with Gasteiger partial charge in [-0.1, -0.05) is 79.7 Å². The van der Waals surface area contributed by atoms with Gasteiger partial charge in [0.25, 0.3) is 0 Å².